The van der Waals surface area contributed by atoms with Gasteiger partial charge in [-0.1, -0.05) is 6.07 Å². The summed E-state index contributed by atoms with van der Waals surface area (Å²) in [6, 6.07) is 4.34. The Morgan fingerprint density at radius 1 is 1.35 bits per heavy atom. The molecular weight excluding hydrogens is 341 g/mol. The fourth-order valence-electron chi connectivity index (χ4n) is 1.42. The zero-order valence-electron chi connectivity index (χ0n) is 10.7. The molecule has 0 bridgehead atoms. The molecule has 1 aromatic rings. The summed E-state index contributed by atoms with van der Waals surface area (Å²) >= 11 is 3.03. The van der Waals surface area contributed by atoms with Gasteiger partial charge in [-0.2, -0.15) is 0 Å². The summed E-state index contributed by atoms with van der Waals surface area (Å²) in [6.45, 7) is 2.96. The molecule has 0 aliphatic rings. The summed E-state index contributed by atoms with van der Waals surface area (Å²) in [5.41, 5.74) is 0.800. The Balaban J connectivity index is 2.45. The number of benzene rings is 1. The third-order valence-corrected chi connectivity index (χ3v) is 2.85. The molecule has 0 radical (unpaired) electrons. The summed E-state index contributed by atoms with van der Waals surface area (Å²) < 4.78 is 40.3. The van der Waals surface area contributed by atoms with Crippen molar-refractivity contribution >= 4 is 21.8 Å². The zero-order chi connectivity index (χ0) is 15.2. The molecule has 0 saturated carbocycles. The Morgan fingerprint density at radius 3 is 2.60 bits per heavy atom. The first-order valence-corrected chi connectivity index (χ1v) is 6.56. The third kappa shape index (κ3) is 6.76. The summed E-state index contributed by atoms with van der Waals surface area (Å²) in [6.07, 6.45) is -4.71. The Kier molecular flexibility index (Phi) is 6.28. The van der Waals surface area contributed by atoms with Crippen LogP contribution >= 0.6 is 15.9 Å². The average Bonchev–Trinajstić information content (AvgIpc) is 2.30. The van der Waals surface area contributed by atoms with Crippen molar-refractivity contribution < 1.29 is 22.7 Å². The maximum absolute atomic E-state index is 12.1. The second kappa shape index (κ2) is 7.49. The van der Waals surface area contributed by atoms with Gasteiger partial charge < -0.3 is 15.4 Å². The molecule has 0 atom stereocenters. The van der Waals surface area contributed by atoms with Gasteiger partial charge in [-0.15, -0.1) is 13.2 Å². The molecule has 20 heavy (non-hydrogen) atoms. The number of hydrogen-bond donors (Lipinski definition) is 2. The maximum atomic E-state index is 12.1. The van der Waals surface area contributed by atoms with E-state index in [1.54, 1.807) is 6.07 Å². The molecule has 112 valence electrons. The highest BCUT2D eigenvalue weighted by atomic mass is 79.9. The highest BCUT2D eigenvalue weighted by Crippen LogP contribution is 2.30. The van der Waals surface area contributed by atoms with Crippen LogP contribution in [0.3, 0.4) is 0 Å². The van der Waals surface area contributed by atoms with Crippen molar-refractivity contribution in [2.24, 2.45) is 0 Å². The molecule has 8 heteroatoms. The number of nitrogens with one attached hydrogen (secondary N) is 2. The van der Waals surface area contributed by atoms with Gasteiger partial charge in [-0.05, 0) is 33.6 Å². The van der Waals surface area contributed by atoms with E-state index in [9.17, 15) is 18.0 Å². The van der Waals surface area contributed by atoms with Crippen molar-refractivity contribution in [3.8, 4) is 5.75 Å². The molecular formula is C12H14BrF3N2O2. The second-order valence-corrected chi connectivity index (χ2v) is 4.83. The molecule has 0 spiro atoms. The average molecular weight is 355 g/mol. The smallest absolute Gasteiger partial charge is 0.405 e. The number of ether oxygens (including phenoxy) is 1. The SMILES string of the molecule is CC(=O)NCCNCc1ccc(OC(F)(F)F)c(Br)c1. The van der Waals surface area contributed by atoms with Gasteiger partial charge in [0.15, 0.2) is 0 Å². The van der Waals surface area contributed by atoms with E-state index in [4.69, 9.17) is 0 Å². The van der Waals surface area contributed by atoms with Crippen LogP contribution in [0.25, 0.3) is 0 Å². The van der Waals surface area contributed by atoms with Crippen molar-refractivity contribution in [2.45, 2.75) is 19.8 Å². The topological polar surface area (TPSA) is 50.4 Å². The maximum Gasteiger partial charge on any atom is 0.573 e. The molecule has 1 rings (SSSR count). The molecule has 0 aliphatic heterocycles. The number of carbonyl (C=O) groups is 1. The lowest BCUT2D eigenvalue weighted by atomic mass is 10.2. The Labute approximate surface area is 122 Å². The zero-order valence-corrected chi connectivity index (χ0v) is 12.3. The number of amides is 1. The number of halogens is 4. The first-order valence-electron chi connectivity index (χ1n) is 5.77. The lowest BCUT2D eigenvalue weighted by Crippen LogP contribution is -2.29. The molecule has 0 fully saturated rings. The normalized spacial score (nSPS) is 11.2. The van der Waals surface area contributed by atoms with E-state index in [2.05, 4.69) is 31.3 Å². The van der Waals surface area contributed by atoms with Gasteiger partial charge in [0.1, 0.15) is 5.75 Å². The van der Waals surface area contributed by atoms with Gasteiger partial charge in [0.05, 0.1) is 4.47 Å². The van der Waals surface area contributed by atoms with Crippen molar-refractivity contribution in [1.82, 2.24) is 10.6 Å². The van der Waals surface area contributed by atoms with Crippen LogP contribution in [0.1, 0.15) is 12.5 Å². The monoisotopic (exact) mass is 354 g/mol. The minimum absolute atomic E-state index is 0.108. The van der Waals surface area contributed by atoms with Gasteiger partial charge in [-0.3, -0.25) is 4.79 Å². The van der Waals surface area contributed by atoms with E-state index >= 15 is 0 Å². The summed E-state index contributed by atoms with van der Waals surface area (Å²) in [4.78, 5) is 10.6. The standard InChI is InChI=1S/C12H14BrF3N2O2/c1-8(19)18-5-4-17-7-9-2-3-11(10(13)6-9)20-12(14,15)16/h2-3,6,17H,4-5,7H2,1H3,(H,18,19). The number of carbonyl (C=O) groups excluding carboxylic acids is 1. The van der Waals surface area contributed by atoms with E-state index in [0.717, 1.165) is 5.56 Å². The van der Waals surface area contributed by atoms with Gasteiger partial charge >= 0.3 is 6.36 Å². The summed E-state index contributed by atoms with van der Waals surface area (Å²) in [7, 11) is 0. The summed E-state index contributed by atoms with van der Waals surface area (Å²) in [5.74, 6) is -0.386. The first kappa shape index (κ1) is 16.8. The fourth-order valence-corrected chi connectivity index (χ4v) is 1.93. The quantitative estimate of drug-likeness (QED) is 0.772. The van der Waals surface area contributed by atoms with Crippen LogP contribution in [0.4, 0.5) is 13.2 Å². The largest absolute Gasteiger partial charge is 0.573 e. The van der Waals surface area contributed by atoms with Gasteiger partial charge in [0.2, 0.25) is 5.91 Å². The molecule has 2 N–H and O–H groups in total. The molecule has 1 aromatic carbocycles. The van der Waals surface area contributed by atoms with Crippen molar-refractivity contribution in [3.05, 3.63) is 28.2 Å². The van der Waals surface area contributed by atoms with E-state index in [1.807, 2.05) is 0 Å². The predicted molar refractivity (Wildman–Crippen MR) is 71.2 cm³/mol. The van der Waals surface area contributed by atoms with Crippen LogP contribution in [-0.4, -0.2) is 25.4 Å². The van der Waals surface area contributed by atoms with Crippen LogP contribution in [0, 0.1) is 0 Å². The van der Waals surface area contributed by atoms with Gasteiger partial charge in [-0.25, -0.2) is 0 Å². The highest BCUT2D eigenvalue weighted by molar-refractivity contribution is 9.10. The second-order valence-electron chi connectivity index (χ2n) is 3.97. The summed E-state index contributed by atoms with van der Waals surface area (Å²) in [5, 5.41) is 5.68. The first-order chi connectivity index (χ1) is 9.28. The molecule has 4 nitrogen and oxygen atoms in total. The van der Waals surface area contributed by atoms with Crippen molar-refractivity contribution in [3.63, 3.8) is 0 Å². The minimum Gasteiger partial charge on any atom is -0.405 e. The minimum atomic E-state index is -4.71. The predicted octanol–water partition coefficient (Wildman–Crippen LogP) is 2.57. The Bertz CT molecular complexity index is 467. The van der Waals surface area contributed by atoms with Crippen LogP contribution in [0.15, 0.2) is 22.7 Å². The van der Waals surface area contributed by atoms with E-state index in [-0.39, 0.29) is 16.1 Å². The lowest BCUT2D eigenvalue weighted by Gasteiger charge is -2.12. The number of alkyl halides is 3. The van der Waals surface area contributed by atoms with Crippen molar-refractivity contribution in [1.29, 1.82) is 0 Å². The van der Waals surface area contributed by atoms with Crippen molar-refractivity contribution in [2.75, 3.05) is 13.1 Å². The van der Waals surface area contributed by atoms with E-state index in [1.165, 1.54) is 19.1 Å². The van der Waals surface area contributed by atoms with Crippen LogP contribution < -0.4 is 15.4 Å². The highest BCUT2D eigenvalue weighted by Gasteiger charge is 2.31. The molecule has 1 amide bonds. The molecule has 0 aromatic heterocycles. The number of rotatable bonds is 6. The van der Waals surface area contributed by atoms with E-state index < -0.39 is 6.36 Å². The Hall–Kier alpha value is -1.28. The molecule has 0 heterocycles. The number of hydrogen-bond acceptors (Lipinski definition) is 3. The molecule has 0 unspecified atom stereocenters. The third-order valence-electron chi connectivity index (χ3n) is 2.23. The van der Waals surface area contributed by atoms with Gasteiger partial charge in [0, 0.05) is 26.6 Å². The molecule has 0 saturated heterocycles. The lowest BCUT2D eigenvalue weighted by molar-refractivity contribution is -0.274. The van der Waals surface area contributed by atoms with Crippen LogP contribution in [0.2, 0.25) is 0 Å². The van der Waals surface area contributed by atoms with Gasteiger partial charge in [0.25, 0.3) is 0 Å². The fraction of sp³-hybridized carbons (Fsp3) is 0.417. The van der Waals surface area contributed by atoms with Crippen LogP contribution in [-0.2, 0) is 11.3 Å². The van der Waals surface area contributed by atoms with E-state index in [0.29, 0.717) is 19.6 Å². The molecule has 0 aliphatic carbocycles. The van der Waals surface area contributed by atoms with Crippen LogP contribution in [0.5, 0.6) is 5.75 Å². The Morgan fingerprint density at radius 2 is 2.05 bits per heavy atom.